The first-order valence-corrected chi connectivity index (χ1v) is 10.8. The molecular formula is C21H26N4O2S. The third-order valence-corrected chi connectivity index (χ3v) is 6.78. The van der Waals surface area contributed by atoms with Crippen molar-refractivity contribution in [3.63, 3.8) is 0 Å². The van der Waals surface area contributed by atoms with E-state index in [4.69, 9.17) is 0 Å². The molecule has 2 heterocycles. The third-order valence-electron chi connectivity index (χ3n) is 5.78. The molecule has 1 aromatic carbocycles. The number of aryl methyl sites for hydroxylation is 2. The number of aromatic nitrogens is 2. The predicted octanol–water partition coefficient (Wildman–Crippen LogP) is 4.19. The summed E-state index contributed by atoms with van der Waals surface area (Å²) in [5.41, 5.74) is 3.04. The van der Waals surface area contributed by atoms with Crippen LogP contribution in [0.5, 0.6) is 0 Å². The first-order valence-electron chi connectivity index (χ1n) is 10.0. The monoisotopic (exact) mass is 398 g/mol. The van der Waals surface area contributed by atoms with Crippen LogP contribution < -0.4 is 10.2 Å². The second-order valence-electron chi connectivity index (χ2n) is 7.96. The van der Waals surface area contributed by atoms with E-state index in [-0.39, 0.29) is 24.2 Å². The van der Waals surface area contributed by atoms with Gasteiger partial charge in [-0.25, -0.2) is 0 Å². The molecule has 2 aromatic rings. The van der Waals surface area contributed by atoms with Crippen LogP contribution in [0.2, 0.25) is 0 Å². The number of carbonyl (C=O) groups excluding carboxylic acids is 2. The molecule has 1 unspecified atom stereocenters. The largest absolute Gasteiger partial charge is 0.311 e. The van der Waals surface area contributed by atoms with Crippen molar-refractivity contribution in [2.75, 3.05) is 16.8 Å². The zero-order valence-corrected chi connectivity index (χ0v) is 17.2. The highest BCUT2D eigenvalue weighted by Gasteiger charge is 2.36. The van der Waals surface area contributed by atoms with Crippen LogP contribution in [-0.4, -0.2) is 28.6 Å². The summed E-state index contributed by atoms with van der Waals surface area (Å²) in [6.07, 6.45) is 6.32. The van der Waals surface area contributed by atoms with Gasteiger partial charge < -0.3 is 10.2 Å². The zero-order valence-electron chi connectivity index (χ0n) is 16.4. The topological polar surface area (TPSA) is 75.2 Å². The Morgan fingerprint density at radius 2 is 1.96 bits per heavy atom. The molecule has 1 atom stereocenters. The van der Waals surface area contributed by atoms with E-state index in [1.54, 1.807) is 4.90 Å². The molecule has 1 saturated heterocycles. The van der Waals surface area contributed by atoms with E-state index >= 15 is 0 Å². The summed E-state index contributed by atoms with van der Waals surface area (Å²) in [6, 6.07) is 6.05. The number of hydrogen-bond acceptors (Lipinski definition) is 5. The summed E-state index contributed by atoms with van der Waals surface area (Å²) in [5, 5.41) is 12.9. The van der Waals surface area contributed by atoms with E-state index in [9.17, 15) is 9.59 Å². The third kappa shape index (κ3) is 3.94. The molecular weight excluding hydrogens is 372 g/mol. The van der Waals surface area contributed by atoms with E-state index in [0.29, 0.717) is 17.6 Å². The first kappa shape index (κ1) is 19.1. The van der Waals surface area contributed by atoms with Crippen LogP contribution in [0.1, 0.15) is 60.6 Å². The molecule has 1 aromatic heterocycles. The highest BCUT2D eigenvalue weighted by Crippen LogP contribution is 2.35. The fourth-order valence-electron chi connectivity index (χ4n) is 4.13. The Bertz CT molecular complexity index is 888. The van der Waals surface area contributed by atoms with Crippen LogP contribution in [-0.2, 0) is 9.59 Å². The number of hydrogen-bond donors (Lipinski definition) is 1. The molecule has 2 amide bonds. The Labute approximate surface area is 169 Å². The number of benzene rings is 1. The molecule has 2 aliphatic rings. The predicted molar refractivity (Wildman–Crippen MR) is 111 cm³/mol. The molecule has 7 heteroatoms. The van der Waals surface area contributed by atoms with Crippen LogP contribution in [0.3, 0.4) is 0 Å². The van der Waals surface area contributed by atoms with Gasteiger partial charge in [0.25, 0.3) is 0 Å². The second-order valence-corrected chi connectivity index (χ2v) is 8.97. The van der Waals surface area contributed by atoms with Gasteiger partial charge in [0.05, 0.1) is 5.92 Å². The summed E-state index contributed by atoms with van der Waals surface area (Å²) in [4.78, 5) is 27.0. The van der Waals surface area contributed by atoms with E-state index in [1.165, 1.54) is 30.6 Å². The van der Waals surface area contributed by atoms with Gasteiger partial charge >= 0.3 is 0 Å². The Morgan fingerprint density at radius 1 is 1.18 bits per heavy atom. The van der Waals surface area contributed by atoms with Crippen molar-refractivity contribution in [2.45, 2.75) is 58.3 Å². The number of nitrogens with one attached hydrogen (secondary N) is 1. The lowest BCUT2D eigenvalue weighted by molar-refractivity contribution is -0.122. The Balaban J connectivity index is 1.41. The number of carbonyl (C=O) groups is 2. The van der Waals surface area contributed by atoms with Crippen molar-refractivity contribution in [1.29, 1.82) is 0 Å². The number of rotatable bonds is 4. The van der Waals surface area contributed by atoms with E-state index in [2.05, 4.69) is 15.5 Å². The molecule has 148 valence electrons. The highest BCUT2D eigenvalue weighted by molar-refractivity contribution is 7.15. The minimum atomic E-state index is -0.366. The smallest absolute Gasteiger partial charge is 0.231 e. The maximum Gasteiger partial charge on any atom is 0.231 e. The van der Waals surface area contributed by atoms with Crippen LogP contribution in [0.25, 0.3) is 0 Å². The van der Waals surface area contributed by atoms with Crippen molar-refractivity contribution >= 4 is 34.0 Å². The highest BCUT2D eigenvalue weighted by atomic mass is 32.1. The SMILES string of the molecule is Cc1ccc(C)c(N2CC(C(=O)Nc3nnc(C4CCCCC4)s3)CC2=O)c1. The lowest BCUT2D eigenvalue weighted by Crippen LogP contribution is -2.28. The lowest BCUT2D eigenvalue weighted by atomic mass is 9.90. The van der Waals surface area contributed by atoms with Crippen molar-refractivity contribution in [1.82, 2.24) is 10.2 Å². The van der Waals surface area contributed by atoms with Crippen LogP contribution in [0.15, 0.2) is 18.2 Å². The molecule has 4 rings (SSSR count). The summed E-state index contributed by atoms with van der Waals surface area (Å²) < 4.78 is 0. The van der Waals surface area contributed by atoms with Crippen LogP contribution in [0.4, 0.5) is 10.8 Å². The average molecular weight is 399 g/mol. The van der Waals surface area contributed by atoms with Gasteiger partial charge in [-0.3, -0.25) is 9.59 Å². The van der Waals surface area contributed by atoms with Crippen molar-refractivity contribution in [2.24, 2.45) is 5.92 Å². The molecule has 28 heavy (non-hydrogen) atoms. The van der Waals surface area contributed by atoms with Gasteiger partial charge in [-0.1, -0.05) is 42.7 Å². The minimum absolute atomic E-state index is 0.00555. The fourth-order valence-corrected chi connectivity index (χ4v) is 5.05. The molecule has 1 aliphatic heterocycles. The summed E-state index contributed by atoms with van der Waals surface area (Å²) in [7, 11) is 0. The van der Waals surface area contributed by atoms with Crippen molar-refractivity contribution < 1.29 is 9.59 Å². The molecule has 0 bridgehead atoms. The quantitative estimate of drug-likeness (QED) is 0.838. The van der Waals surface area contributed by atoms with Gasteiger partial charge in [-0.05, 0) is 43.9 Å². The van der Waals surface area contributed by atoms with Gasteiger partial charge in [0.15, 0.2) is 0 Å². The average Bonchev–Trinajstić information content (AvgIpc) is 3.31. The molecule has 1 aliphatic carbocycles. The van der Waals surface area contributed by atoms with Gasteiger partial charge in [-0.2, -0.15) is 0 Å². The molecule has 0 spiro atoms. The maximum atomic E-state index is 12.7. The van der Waals surface area contributed by atoms with E-state index in [0.717, 1.165) is 34.7 Å². The van der Waals surface area contributed by atoms with E-state index in [1.807, 2.05) is 32.0 Å². The summed E-state index contributed by atoms with van der Waals surface area (Å²) in [6.45, 7) is 4.40. The Morgan fingerprint density at radius 3 is 2.75 bits per heavy atom. The molecule has 2 fully saturated rings. The second kappa shape index (κ2) is 7.99. The van der Waals surface area contributed by atoms with Crippen LogP contribution in [0, 0.1) is 19.8 Å². The lowest BCUT2D eigenvalue weighted by Gasteiger charge is -2.19. The molecule has 0 radical (unpaired) electrons. The van der Waals surface area contributed by atoms with Gasteiger partial charge in [0, 0.05) is 24.6 Å². The summed E-state index contributed by atoms with van der Waals surface area (Å²) in [5.74, 6) is -0.0410. The van der Waals surface area contributed by atoms with Crippen molar-refractivity contribution in [3.05, 3.63) is 34.3 Å². The van der Waals surface area contributed by atoms with Gasteiger partial charge in [0.1, 0.15) is 5.01 Å². The molecule has 6 nitrogen and oxygen atoms in total. The Kier molecular flexibility index (Phi) is 5.44. The fraction of sp³-hybridized carbons (Fsp3) is 0.524. The van der Waals surface area contributed by atoms with Gasteiger partial charge in [-0.15, -0.1) is 10.2 Å². The minimum Gasteiger partial charge on any atom is -0.311 e. The van der Waals surface area contributed by atoms with E-state index < -0.39 is 0 Å². The number of amides is 2. The van der Waals surface area contributed by atoms with Gasteiger partial charge in [0.2, 0.25) is 16.9 Å². The number of anilines is 2. The molecule has 1 saturated carbocycles. The van der Waals surface area contributed by atoms with Crippen LogP contribution >= 0.6 is 11.3 Å². The Hall–Kier alpha value is -2.28. The standard InChI is InChI=1S/C21H26N4O2S/c1-13-8-9-14(2)17(10-13)25-12-16(11-18(25)26)19(27)22-21-24-23-20(28-21)15-6-4-3-5-7-15/h8-10,15-16H,3-7,11-12H2,1-2H3,(H,22,24,27). The summed E-state index contributed by atoms with van der Waals surface area (Å²) >= 11 is 1.48. The normalized spacial score (nSPS) is 20.6. The number of nitrogens with zero attached hydrogens (tertiary/aromatic N) is 3. The van der Waals surface area contributed by atoms with Crippen molar-refractivity contribution in [3.8, 4) is 0 Å². The maximum absolute atomic E-state index is 12.7. The zero-order chi connectivity index (χ0) is 19.7. The first-order chi connectivity index (χ1) is 13.5. The molecule has 1 N–H and O–H groups in total.